The summed E-state index contributed by atoms with van der Waals surface area (Å²) in [5, 5.41) is 1.05. The first kappa shape index (κ1) is 13.9. The number of aryl methyl sites for hydroxylation is 1. The molecule has 98 valence electrons. The molecule has 0 fully saturated rings. The maximum atomic E-state index is 11.3. The van der Waals surface area contributed by atoms with E-state index in [1.807, 2.05) is 13.0 Å². The first-order valence-electron chi connectivity index (χ1n) is 5.72. The molecule has 0 bridgehead atoms. The summed E-state index contributed by atoms with van der Waals surface area (Å²) < 4.78 is 5.73. The van der Waals surface area contributed by atoms with Crippen molar-refractivity contribution < 1.29 is 9.53 Å². The van der Waals surface area contributed by atoms with Crippen molar-refractivity contribution in [3.05, 3.63) is 57.6 Å². The molecule has 2 aromatic carbocycles. The Labute approximate surface area is 121 Å². The summed E-state index contributed by atoms with van der Waals surface area (Å²) in [6.45, 7) is 3.39. The molecular weight excluding hydrogens is 283 g/mol. The van der Waals surface area contributed by atoms with E-state index in [-0.39, 0.29) is 5.78 Å². The topological polar surface area (TPSA) is 26.3 Å². The summed E-state index contributed by atoms with van der Waals surface area (Å²) in [6, 6.07) is 10.4. The van der Waals surface area contributed by atoms with Gasteiger partial charge in [-0.1, -0.05) is 23.2 Å². The fourth-order valence-electron chi connectivity index (χ4n) is 1.70. The summed E-state index contributed by atoms with van der Waals surface area (Å²) >= 11 is 11.9. The lowest BCUT2D eigenvalue weighted by atomic mass is 10.1. The lowest BCUT2D eigenvalue weighted by Gasteiger charge is -2.10. The fraction of sp³-hybridized carbons (Fsp3) is 0.133. The number of carbonyl (C=O) groups excluding carboxylic acids is 1. The van der Waals surface area contributed by atoms with Gasteiger partial charge in [0.05, 0.1) is 5.02 Å². The van der Waals surface area contributed by atoms with E-state index in [4.69, 9.17) is 27.9 Å². The molecule has 0 aliphatic heterocycles. The van der Waals surface area contributed by atoms with E-state index in [1.54, 1.807) is 30.3 Å². The molecule has 0 amide bonds. The largest absolute Gasteiger partial charge is 0.457 e. The Morgan fingerprint density at radius 2 is 1.84 bits per heavy atom. The van der Waals surface area contributed by atoms with Crippen molar-refractivity contribution in [2.45, 2.75) is 13.8 Å². The second-order valence-corrected chi connectivity index (χ2v) is 5.05. The Hall–Kier alpha value is -1.51. The highest BCUT2D eigenvalue weighted by atomic mass is 35.5. The fourth-order valence-corrected chi connectivity index (χ4v) is 2.23. The van der Waals surface area contributed by atoms with Crippen LogP contribution in [0.3, 0.4) is 0 Å². The van der Waals surface area contributed by atoms with Gasteiger partial charge in [-0.05, 0) is 49.7 Å². The van der Waals surface area contributed by atoms with E-state index >= 15 is 0 Å². The maximum absolute atomic E-state index is 11.3. The van der Waals surface area contributed by atoms with Crippen LogP contribution in [0.4, 0.5) is 0 Å². The zero-order valence-electron chi connectivity index (χ0n) is 10.5. The Morgan fingerprint density at radius 3 is 2.42 bits per heavy atom. The molecule has 0 saturated heterocycles. The molecule has 0 aliphatic carbocycles. The van der Waals surface area contributed by atoms with Crippen molar-refractivity contribution in [1.82, 2.24) is 0 Å². The molecule has 0 aliphatic rings. The van der Waals surface area contributed by atoms with Crippen molar-refractivity contribution in [3.8, 4) is 11.5 Å². The van der Waals surface area contributed by atoms with E-state index in [0.717, 1.165) is 5.56 Å². The number of ketones is 1. The van der Waals surface area contributed by atoms with Gasteiger partial charge in [0.15, 0.2) is 5.78 Å². The number of Topliss-reactive ketones (excluding diaryl/α,β-unsaturated/α-hetero) is 1. The number of ether oxygens (including phenoxy) is 1. The van der Waals surface area contributed by atoms with Crippen molar-refractivity contribution in [3.63, 3.8) is 0 Å². The van der Waals surface area contributed by atoms with Gasteiger partial charge in [0, 0.05) is 16.7 Å². The van der Waals surface area contributed by atoms with Crippen LogP contribution in [0.1, 0.15) is 22.8 Å². The Balaban J connectivity index is 2.29. The number of carbonyl (C=O) groups is 1. The number of halogens is 2. The first-order chi connectivity index (χ1) is 8.97. The average molecular weight is 295 g/mol. The van der Waals surface area contributed by atoms with Crippen LogP contribution in [-0.4, -0.2) is 5.78 Å². The van der Waals surface area contributed by atoms with Gasteiger partial charge in [0.2, 0.25) is 0 Å². The molecule has 0 heterocycles. The molecule has 2 rings (SSSR count). The monoisotopic (exact) mass is 294 g/mol. The molecule has 0 aromatic heterocycles. The highest BCUT2D eigenvalue weighted by molar-refractivity contribution is 6.34. The Bertz CT molecular complexity index is 636. The lowest BCUT2D eigenvalue weighted by molar-refractivity contribution is 0.101. The zero-order valence-corrected chi connectivity index (χ0v) is 12.0. The molecule has 0 unspecified atom stereocenters. The van der Waals surface area contributed by atoms with E-state index < -0.39 is 0 Å². The van der Waals surface area contributed by atoms with Gasteiger partial charge in [0.1, 0.15) is 11.5 Å². The molecule has 4 heteroatoms. The number of hydrogen-bond acceptors (Lipinski definition) is 2. The third-order valence-electron chi connectivity index (χ3n) is 2.68. The summed E-state index contributed by atoms with van der Waals surface area (Å²) in [6.07, 6.45) is 0. The third-order valence-corrected chi connectivity index (χ3v) is 3.23. The predicted molar refractivity (Wildman–Crippen MR) is 77.7 cm³/mol. The van der Waals surface area contributed by atoms with E-state index in [0.29, 0.717) is 27.1 Å². The molecule has 2 aromatic rings. The molecule has 0 N–H and O–H groups in total. The third kappa shape index (κ3) is 3.28. The van der Waals surface area contributed by atoms with Gasteiger partial charge in [-0.25, -0.2) is 0 Å². The van der Waals surface area contributed by atoms with Crippen LogP contribution in [0.15, 0.2) is 36.4 Å². The van der Waals surface area contributed by atoms with Crippen LogP contribution in [0.25, 0.3) is 0 Å². The van der Waals surface area contributed by atoms with Crippen molar-refractivity contribution in [2.75, 3.05) is 0 Å². The standard InChI is InChI=1S/C15H12Cl2O2/c1-9-7-11(16)3-6-15(9)19-12-4-5-13(10(2)18)14(17)8-12/h3-8H,1-2H3. The van der Waals surface area contributed by atoms with E-state index in [2.05, 4.69) is 0 Å². The zero-order chi connectivity index (χ0) is 14.0. The predicted octanol–water partition coefficient (Wildman–Crippen LogP) is 5.30. The van der Waals surface area contributed by atoms with Gasteiger partial charge in [0.25, 0.3) is 0 Å². The lowest BCUT2D eigenvalue weighted by Crippen LogP contribution is -1.94. The number of rotatable bonds is 3. The molecular formula is C15H12Cl2O2. The quantitative estimate of drug-likeness (QED) is 0.718. The minimum absolute atomic E-state index is 0.0702. The summed E-state index contributed by atoms with van der Waals surface area (Å²) in [5.74, 6) is 1.22. The van der Waals surface area contributed by atoms with Crippen molar-refractivity contribution in [1.29, 1.82) is 0 Å². The number of benzene rings is 2. The van der Waals surface area contributed by atoms with Crippen molar-refractivity contribution >= 4 is 29.0 Å². The molecule has 0 spiro atoms. The van der Waals surface area contributed by atoms with E-state index in [1.165, 1.54) is 6.92 Å². The molecule has 0 radical (unpaired) electrons. The SMILES string of the molecule is CC(=O)c1ccc(Oc2ccc(Cl)cc2C)cc1Cl. The van der Waals surface area contributed by atoms with Crippen LogP contribution in [0, 0.1) is 6.92 Å². The normalized spacial score (nSPS) is 10.3. The van der Waals surface area contributed by atoms with Gasteiger partial charge in [-0.2, -0.15) is 0 Å². The smallest absolute Gasteiger partial charge is 0.161 e. The minimum Gasteiger partial charge on any atom is -0.457 e. The molecule has 19 heavy (non-hydrogen) atoms. The van der Waals surface area contributed by atoms with Crippen LogP contribution in [0.2, 0.25) is 10.0 Å². The van der Waals surface area contributed by atoms with Crippen LogP contribution >= 0.6 is 23.2 Å². The van der Waals surface area contributed by atoms with Crippen LogP contribution in [0.5, 0.6) is 11.5 Å². The van der Waals surface area contributed by atoms with Gasteiger partial charge in [-0.3, -0.25) is 4.79 Å². The second-order valence-electron chi connectivity index (χ2n) is 4.21. The van der Waals surface area contributed by atoms with Crippen LogP contribution < -0.4 is 4.74 Å². The molecule has 2 nitrogen and oxygen atoms in total. The van der Waals surface area contributed by atoms with Crippen molar-refractivity contribution in [2.24, 2.45) is 0 Å². The Morgan fingerprint density at radius 1 is 1.11 bits per heavy atom. The summed E-state index contributed by atoms with van der Waals surface area (Å²) in [7, 11) is 0. The van der Waals surface area contributed by atoms with Crippen LogP contribution in [-0.2, 0) is 0 Å². The molecule has 0 saturated carbocycles. The van der Waals surface area contributed by atoms with Gasteiger partial charge >= 0.3 is 0 Å². The highest BCUT2D eigenvalue weighted by Gasteiger charge is 2.08. The summed E-state index contributed by atoms with van der Waals surface area (Å²) in [5.41, 5.74) is 1.42. The Kier molecular flexibility index (Phi) is 4.13. The minimum atomic E-state index is -0.0702. The maximum Gasteiger partial charge on any atom is 0.161 e. The molecule has 0 atom stereocenters. The van der Waals surface area contributed by atoms with E-state index in [9.17, 15) is 4.79 Å². The summed E-state index contributed by atoms with van der Waals surface area (Å²) in [4.78, 5) is 11.3. The average Bonchev–Trinajstić information content (AvgIpc) is 2.32. The second kappa shape index (κ2) is 5.64. The number of hydrogen-bond donors (Lipinski definition) is 0. The van der Waals surface area contributed by atoms with Gasteiger partial charge in [-0.15, -0.1) is 0 Å². The highest BCUT2D eigenvalue weighted by Crippen LogP contribution is 2.30. The first-order valence-corrected chi connectivity index (χ1v) is 6.47. The van der Waals surface area contributed by atoms with Gasteiger partial charge < -0.3 is 4.74 Å².